The van der Waals surface area contributed by atoms with Crippen molar-refractivity contribution >= 4 is 5.91 Å². The minimum Gasteiger partial charge on any atom is -0.343 e. The van der Waals surface area contributed by atoms with Crippen LogP contribution in [0, 0.1) is 11.3 Å². The topological polar surface area (TPSA) is 59.2 Å². The molecule has 1 aromatic carbocycles. The van der Waals surface area contributed by atoms with Crippen LogP contribution in [-0.4, -0.2) is 34.0 Å². The minimum absolute atomic E-state index is 0.0479. The monoisotopic (exact) mass is 437 g/mol. The van der Waals surface area contributed by atoms with Crippen molar-refractivity contribution in [3.05, 3.63) is 35.7 Å². The maximum absolute atomic E-state index is 12.7. The second-order valence-corrected chi connectivity index (χ2v) is 9.76. The first-order chi connectivity index (χ1) is 14.4. The fraction of sp³-hybridized carbons (Fsp3) is 0.609. The molecule has 0 radical (unpaired) electrons. The molecular formula is C23H30F3N3O2. The van der Waals surface area contributed by atoms with E-state index in [0.717, 1.165) is 31.4 Å². The maximum atomic E-state index is 12.7. The largest absolute Gasteiger partial charge is 0.416 e. The molecule has 0 spiro atoms. The van der Waals surface area contributed by atoms with Gasteiger partial charge in [-0.1, -0.05) is 45.0 Å². The van der Waals surface area contributed by atoms with Crippen molar-refractivity contribution in [1.29, 1.82) is 0 Å². The molecule has 1 aromatic heterocycles. The molecule has 0 bridgehead atoms. The van der Waals surface area contributed by atoms with Crippen LogP contribution in [0.4, 0.5) is 13.2 Å². The van der Waals surface area contributed by atoms with E-state index >= 15 is 0 Å². The molecule has 3 rings (SSSR count). The Kier molecular flexibility index (Phi) is 6.76. The first kappa shape index (κ1) is 23.3. The van der Waals surface area contributed by atoms with E-state index in [1.54, 1.807) is 0 Å². The lowest BCUT2D eigenvalue weighted by molar-refractivity contribution is -0.137. The summed E-state index contributed by atoms with van der Waals surface area (Å²) in [6, 6.07) is 4.71. The van der Waals surface area contributed by atoms with Crippen LogP contribution in [0.5, 0.6) is 0 Å². The molecule has 1 fully saturated rings. The van der Waals surface area contributed by atoms with Crippen LogP contribution < -0.4 is 0 Å². The number of likely N-dealkylation sites (tertiary alicyclic amines) is 1. The van der Waals surface area contributed by atoms with Gasteiger partial charge in [0.1, 0.15) is 0 Å². The number of benzene rings is 1. The van der Waals surface area contributed by atoms with Crippen LogP contribution in [-0.2, 0) is 11.0 Å². The highest BCUT2D eigenvalue weighted by Gasteiger charge is 2.31. The first-order valence-electron chi connectivity index (χ1n) is 10.7. The highest BCUT2D eigenvalue weighted by molar-refractivity contribution is 5.76. The van der Waals surface area contributed by atoms with Gasteiger partial charge in [-0.25, -0.2) is 0 Å². The Bertz CT molecular complexity index is 877. The summed E-state index contributed by atoms with van der Waals surface area (Å²) in [4.78, 5) is 18.9. The summed E-state index contributed by atoms with van der Waals surface area (Å²) in [7, 11) is 0. The van der Waals surface area contributed by atoms with Crippen LogP contribution >= 0.6 is 0 Å². The van der Waals surface area contributed by atoms with E-state index in [2.05, 4.69) is 37.8 Å². The number of hydrogen-bond acceptors (Lipinski definition) is 4. The van der Waals surface area contributed by atoms with Crippen molar-refractivity contribution < 1.29 is 22.5 Å². The second-order valence-electron chi connectivity index (χ2n) is 9.76. The predicted molar refractivity (Wildman–Crippen MR) is 111 cm³/mol. The van der Waals surface area contributed by atoms with Crippen molar-refractivity contribution in [3.63, 3.8) is 0 Å². The van der Waals surface area contributed by atoms with E-state index in [1.165, 1.54) is 12.1 Å². The molecule has 1 saturated heterocycles. The van der Waals surface area contributed by atoms with E-state index in [-0.39, 0.29) is 23.1 Å². The molecule has 0 unspecified atom stereocenters. The molecular weight excluding hydrogens is 407 g/mol. The van der Waals surface area contributed by atoms with Gasteiger partial charge in [0, 0.05) is 31.0 Å². The minimum atomic E-state index is -4.38. The molecule has 2 heterocycles. The molecule has 170 valence electrons. The van der Waals surface area contributed by atoms with Crippen LogP contribution in [0.15, 0.2) is 28.8 Å². The third kappa shape index (κ3) is 6.31. The fourth-order valence-electron chi connectivity index (χ4n) is 4.25. The standard InChI is InChI=1S/C23H30F3N3O2/c1-15(14-22(2,3)4)13-19(30)29-11-9-17(10-12-29)21-27-20(28-31-21)16-5-7-18(8-6-16)23(24,25)26/h5-8,15,17H,9-14H2,1-4H3/t15-/m0/s1. The Morgan fingerprint density at radius 1 is 1.16 bits per heavy atom. The van der Waals surface area contributed by atoms with Gasteiger partial charge in [-0.3, -0.25) is 4.79 Å². The quantitative estimate of drug-likeness (QED) is 0.582. The van der Waals surface area contributed by atoms with Gasteiger partial charge in [0.15, 0.2) is 0 Å². The molecule has 8 heteroatoms. The van der Waals surface area contributed by atoms with Crippen LogP contribution in [0.3, 0.4) is 0 Å². The lowest BCUT2D eigenvalue weighted by Crippen LogP contribution is -2.38. The Balaban J connectivity index is 1.55. The highest BCUT2D eigenvalue weighted by atomic mass is 19.4. The Morgan fingerprint density at radius 2 is 1.77 bits per heavy atom. The van der Waals surface area contributed by atoms with Crippen LogP contribution in [0.1, 0.15) is 70.8 Å². The van der Waals surface area contributed by atoms with Gasteiger partial charge < -0.3 is 9.42 Å². The number of carbonyl (C=O) groups excluding carboxylic acids is 1. The number of halogens is 3. The Morgan fingerprint density at radius 3 is 2.32 bits per heavy atom. The summed E-state index contributed by atoms with van der Waals surface area (Å²) in [5, 5.41) is 3.93. The smallest absolute Gasteiger partial charge is 0.343 e. The lowest BCUT2D eigenvalue weighted by Gasteiger charge is -2.32. The number of carbonyl (C=O) groups is 1. The van der Waals surface area contributed by atoms with Crippen LogP contribution in [0.2, 0.25) is 0 Å². The third-order valence-electron chi connectivity index (χ3n) is 5.59. The number of amides is 1. The van der Waals surface area contributed by atoms with Gasteiger partial charge in [-0.05, 0) is 42.7 Å². The SMILES string of the molecule is C[C@@H](CC(=O)N1CCC(c2nc(-c3ccc(C(F)(F)F)cc3)no2)CC1)CC(C)(C)C. The van der Waals surface area contributed by atoms with Crippen molar-refractivity contribution in [2.24, 2.45) is 11.3 Å². The molecule has 0 N–H and O–H groups in total. The Hall–Kier alpha value is -2.38. The molecule has 1 atom stereocenters. The van der Waals surface area contributed by atoms with Crippen molar-refractivity contribution in [2.45, 2.75) is 65.5 Å². The number of alkyl halides is 3. The number of hydrogen-bond donors (Lipinski definition) is 0. The van der Waals surface area contributed by atoms with E-state index in [1.807, 2.05) is 4.90 Å². The molecule has 0 saturated carbocycles. The number of piperidine rings is 1. The first-order valence-corrected chi connectivity index (χ1v) is 10.7. The zero-order chi connectivity index (χ0) is 22.8. The summed E-state index contributed by atoms with van der Waals surface area (Å²) in [5.41, 5.74) is -0.0348. The summed E-state index contributed by atoms with van der Waals surface area (Å²) in [6.45, 7) is 9.96. The average Bonchev–Trinajstić information content (AvgIpc) is 3.16. The number of rotatable bonds is 5. The third-order valence-corrected chi connectivity index (χ3v) is 5.59. The molecule has 31 heavy (non-hydrogen) atoms. The fourth-order valence-corrected chi connectivity index (χ4v) is 4.25. The van der Waals surface area contributed by atoms with E-state index in [9.17, 15) is 18.0 Å². The van der Waals surface area contributed by atoms with Gasteiger partial charge in [0.05, 0.1) is 5.56 Å². The normalized spacial score (nSPS) is 17.1. The second kappa shape index (κ2) is 9.01. The molecule has 1 aliphatic heterocycles. The summed E-state index contributed by atoms with van der Waals surface area (Å²) in [5.74, 6) is 1.33. The molecule has 1 aliphatic rings. The predicted octanol–water partition coefficient (Wildman–Crippen LogP) is 5.92. The van der Waals surface area contributed by atoms with Gasteiger partial charge in [-0.15, -0.1) is 0 Å². The summed E-state index contributed by atoms with van der Waals surface area (Å²) >= 11 is 0. The number of nitrogens with zero attached hydrogens (tertiary/aromatic N) is 3. The van der Waals surface area contributed by atoms with Gasteiger partial charge in [0.25, 0.3) is 0 Å². The molecule has 5 nitrogen and oxygen atoms in total. The zero-order valence-corrected chi connectivity index (χ0v) is 18.5. The van der Waals surface area contributed by atoms with Gasteiger partial charge in [-0.2, -0.15) is 18.2 Å². The van der Waals surface area contributed by atoms with Gasteiger partial charge in [0.2, 0.25) is 17.6 Å². The summed E-state index contributed by atoms with van der Waals surface area (Å²) in [6.07, 6.45) is -1.36. The lowest BCUT2D eigenvalue weighted by atomic mass is 9.84. The molecule has 1 amide bonds. The maximum Gasteiger partial charge on any atom is 0.416 e. The number of aromatic nitrogens is 2. The van der Waals surface area contributed by atoms with Crippen molar-refractivity contribution in [1.82, 2.24) is 15.0 Å². The van der Waals surface area contributed by atoms with E-state index in [0.29, 0.717) is 36.9 Å². The average molecular weight is 438 g/mol. The van der Waals surface area contributed by atoms with Crippen molar-refractivity contribution in [2.75, 3.05) is 13.1 Å². The van der Waals surface area contributed by atoms with E-state index < -0.39 is 11.7 Å². The summed E-state index contributed by atoms with van der Waals surface area (Å²) < 4.78 is 43.6. The highest BCUT2D eigenvalue weighted by Crippen LogP contribution is 2.32. The van der Waals surface area contributed by atoms with Crippen LogP contribution in [0.25, 0.3) is 11.4 Å². The molecule has 2 aromatic rings. The zero-order valence-electron chi connectivity index (χ0n) is 18.5. The van der Waals surface area contributed by atoms with Crippen molar-refractivity contribution in [3.8, 4) is 11.4 Å². The molecule has 0 aliphatic carbocycles. The Labute approximate surface area is 181 Å². The van der Waals surface area contributed by atoms with Gasteiger partial charge >= 0.3 is 6.18 Å². The van der Waals surface area contributed by atoms with E-state index in [4.69, 9.17) is 4.52 Å².